The van der Waals surface area contributed by atoms with Crippen molar-refractivity contribution in [3.05, 3.63) is 35.4 Å². The first-order valence-corrected chi connectivity index (χ1v) is 4.69. The highest BCUT2D eigenvalue weighted by Crippen LogP contribution is 2.04. The first kappa shape index (κ1) is 11.2. The summed E-state index contributed by atoms with van der Waals surface area (Å²) in [4.78, 5) is 22.0. The summed E-state index contributed by atoms with van der Waals surface area (Å²) < 4.78 is 0. The predicted octanol–water partition coefficient (Wildman–Crippen LogP) is 0.682. The van der Waals surface area contributed by atoms with Crippen molar-refractivity contribution in [2.75, 3.05) is 7.05 Å². The third-order valence-electron chi connectivity index (χ3n) is 1.96. The van der Waals surface area contributed by atoms with Crippen LogP contribution in [0.2, 0.25) is 0 Å². The molecule has 0 bridgehead atoms. The molecule has 4 nitrogen and oxygen atoms in total. The molecule has 0 fully saturated rings. The molecule has 0 aliphatic carbocycles. The fraction of sp³-hybridized carbons (Fsp3) is 0.273. The molecule has 0 aliphatic rings. The molecular formula is C11H14N2O2. The van der Waals surface area contributed by atoms with Gasteiger partial charge in [0.1, 0.15) is 0 Å². The van der Waals surface area contributed by atoms with Gasteiger partial charge in [0.15, 0.2) is 0 Å². The van der Waals surface area contributed by atoms with Crippen LogP contribution in [-0.4, -0.2) is 18.9 Å². The predicted molar refractivity (Wildman–Crippen MR) is 57.4 cm³/mol. The van der Waals surface area contributed by atoms with E-state index in [0.29, 0.717) is 12.1 Å². The van der Waals surface area contributed by atoms with Gasteiger partial charge in [-0.2, -0.15) is 0 Å². The Kier molecular flexibility index (Phi) is 3.85. The highest BCUT2D eigenvalue weighted by molar-refractivity contribution is 5.94. The minimum atomic E-state index is -0.125. The maximum Gasteiger partial charge on any atom is 0.251 e. The van der Waals surface area contributed by atoms with E-state index in [4.69, 9.17) is 0 Å². The third-order valence-corrected chi connectivity index (χ3v) is 1.96. The molecule has 2 amide bonds. The summed E-state index contributed by atoms with van der Waals surface area (Å²) >= 11 is 0. The van der Waals surface area contributed by atoms with E-state index >= 15 is 0 Å². The van der Waals surface area contributed by atoms with E-state index in [0.717, 1.165) is 5.56 Å². The van der Waals surface area contributed by atoms with Crippen molar-refractivity contribution in [1.82, 2.24) is 10.6 Å². The highest BCUT2D eigenvalue weighted by Gasteiger charge is 2.03. The molecule has 0 heterocycles. The lowest BCUT2D eigenvalue weighted by molar-refractivity contribution is -0.119. The van der Waals surface area contributed by atoms with Crippen molar-refractivity contribution in [3.63, 3.8) is 0 Å². The van der Waals surface area contributed by atoms with Crippen molar-refractivity contribution in [2.24, 2.45) is 0 Å². The molecule has 2 N–H and O–H groups in total. The van der Waals surface area contributed by atoms with E-state index in [1.54, 1.807) is 25.2 Å². The lowest BCUT2D eigenvalue weighted by atomic mass is 10.1. The van der Waals surface area contributed by atoms with Gasteiger partial charge in [0.2, 0.25) is 5.91 Å². The van der Waals surface area contributed by atoms with E-state index < -0.39 is 0 Å². The Labute approximate surface area is 88.7 Å². The minimum absolute atomic E-state index is 0.0830. The molecule has 0 saturated carbocycles. The van der Waals surface area contributed by atoms with Crippen LogP contribution < -0.4 is 10.6 Å². The number of amides is 2. The molecule has 1 aromatic carbocycles. The Morgan fingerprint density at radius 2 is 2.07 bits per heavy atom. The first-order chi connectivity index (χ1) is 7.13. The number of carbonyl (C=O) groups excluding carboxylic acids is 2. The Bertz CT molecular complexity index is 375. The fourth-order valence-electron chi connectivity index (χ4n) is 1.19. The lowest BCUT2D eigenvalue weighted by Crippen LogP contribution is -2.20. The molecule has 1 aromatic rings. The average molecular weight is 206 g/mol. The summed E-state index contributed by atoms with van der Waals surface area (Å²) in [7, 11) is 1.59. The fourth-order valence-corrected chi connectivity index (χ4v) is 1.19. The van der Waals surface area contributed by atoms with Crippen molar-refractivity contribution in [1.29, 1.82) is 0 Å². The minimum Gasteiger partial charge on any atom is -0.355 e. The average Bonchev–Trinajstić information content (AvgIpc) is 2.25. The molecule has 0 aliphatic heterocycles. The van der Waals surface area contributed by atoms with Gasteiger partial charge in [-0.15, -0.1) is 0 Å². The topological polar surface area (TPSA) is 58.2 Å². The van der Waals surface area contributed by atoms with Crippen LogP contribution in [-0.2, 0) is 11.3 Å². The normalized spacial score (nSPS) is 9.47. The second kappa shape index (κ2) is 5.14. The molecular weight excluding hydrogens is 192 g/mol. The largest absolute Gasteiger partial charge is 0.355 e. The quantitative estimate of drug-likeness (QED) is 0.764. The Morgan fingerprint density at radius 3 is 2.67 bits per heavy atom. The summed E-state index contributed by atoms with van der Waals surface area (Å²) in [6.45, 7) is 1.91. The number of rotatable bonds is 3. The highest BCUT2D eigenvalue weighted by atomic mass is 16.2. The molecule has 4 heteroatoms. The van der Waals surface area contributed by atoms with E-state index in [-0.39, 0.29) is 11.8 Å². The molecule has 80 valence electrons. The van der Waals surface area contributed by atoms with Crippen LogP contribution in [0, 0.1) is 0 Å². The van der Waals surface area contributed by atoms with Crippen molar-refractivity contribution in [3.8, 4) is 0 Å². The van der Waals surface area contributed by atoms with Crippen LogP contribution in [0.25, 0.3) is 0 Å². The third kappa shape index (κ3) is 3.42. The van der Waals surface area contributed by atoms with Gasteiger partial charge in [-0.05, 0) is 17.7 Å². The van der Waals surface area contributed by atoms with Crippen LogP contribution in [0.15, 0.2) is 24.3 Å². The maximum atomic E-state index is 11.3. The van der Waals surface area contributed by atoms with Gasteiger partial charge in [-0.1, -0.05) is 12.1 Å². The summed E-state index contributed by atoms with van der Waals surface area (Å²) in [6, 6.07) is 7.15. The van der Waals surface area contributed by atoms with Crippen molar-refractivity contribution in [2.45, 2.75) is 13.5 Å². The number of carbonyl (C=O) groups is 2. The maximum absolute atomic E-state index is 11.3. The lowest BCUT2D eigenvalue weighted by Gasteiger charge is -2.04. The van der Waals surface area contributed by atoms with Gasteiger partial charge >= 0.3 is 0 Å². The molecule has 15 heavy (non-hydrogen) atoms. The second-order valence-electron chi connectivity index (χ2n) is 3.19. The molecule has 0 aromatic heterocycles. The van der Waals surface area contributed by atoms with Gasteiger partial charge in [0, 0.05) is 26.1 Å². The van der Waals surface area contributed by atoms with Crippen molar-refractivity contribution >= 4 is 11.8 Å². The standard InChI is InChI=1S/C11H14N2O2/c1-8(14)13-7-9-4-3-5-10(6-9)11(15)12-2/h3-6H,7H2,1-2H3,(H,12,15)(H,13,14). The Morgan fingerprint density at radius 1 is 1.33 bits per heavy atom. The molecule has 0 spiro atoms. The second-order valence-corrected chi connectivity index (χ2v) is 3.19. The zero-order valence-corrected chi connectivity index (χ0v) is 8.83. The van der Waals surface area contributed by atoms with Gasteiger partial charge in [0.05, 0.1) is 0 Å². The SMILES string of the molecule is CNC(=O)c1cccc(CNC(C)=O)c1. The van der Waals surface area contributed by atoms with Crippen LogP contribution >= 0.6 is 0 Å². The molecule has 0 radical (unpaired) electrons. The smallest absolute Gasteiger partial charge is 0.251 e. The van der Waals surface area contributed by atoms with Gasteiger partial charge in [-0.25, -0.2) is 0 Å². The number of hydrogen-bond donors (Lipinski definition) is 2. The van der Waals surface area contributed by atoms with Crippen LogP contribution in [0.4, 0.5) is 0 Å². The van der Waals surface area contributed by atoms with Crippen molar-refractivity contribution < 1.29 is 9.59 Å². The monoisotopic (exact) mass is 206 g/mol. The van der Waals surface area contributed by atoms with Gasteiger partial charge in [-0.3, -0.25) is 9.59 Å². The summed E-state index contributed by atoms with van der Waals surface area (Å²) in [5.41, 5.74) is 1.51. The summed E-state index contributed by atoms with van der Waals surface area (Å²) in [6.07, 6.45) is 0. The Balaban J connectivity index is 2.74. The van der Waals surface area contributed by atoms with Crippen LogP contribution in [0.1, 0.15) is 22.8 Å². The summed E-state index contributed by atoms with van der Waals surface area (Å²) in [5.74, 6) is -0.208. The van der Waals surface area contributed by atoms with E-state index in [1.807, 2.05) is 6.07 Å². The summed E-state index contributed by atoms with van der Waals surface area (Å²) in [5, 5.41) is 5.22. The van der Waals surface area contributed by atoms with Gasteiger partial charge in [0.25, 0.3) is 5.91 Å². The number of hydrogen-bond acceptors (Lipinski definition) is 2. The Hall–Kier alpha value is -1.84. The van der Waals surface area contributed by atoms with E-state index in [1.165, 1.54) is 6.92 Å². The molecule has 0 saturated heterocycles. The number of benzene rings is 1. The van der Waals surface area contributed by atoms with Crippen LogP contribution in [0.3, 0.4) is 0 Å². The molecule has 0 unspecified atom stereocenters. The molecule has 0 atom stereocenters. The first-order valence-electron chi connectivity index (χ1n) is 4.69. The number of nitrogens with one attached hydrogen (secondary N) is 2. The van der Waals surface area contributed by atoms with Crippen LogP contribution in [0.5, 0.6) is 0 Å². The molecule has 1 rings (SSSR count). The van der Waals surface area contributed by atoms with Gasteiger partial charge < -0.3 is 10.6 Å². The zero-order valence-electron chi connectivity index (χ0n) is 8.83. The van der Waals surface area contributed by atoms with E-state index in [9.17, 15) is 9.59 Å². The zero-order chi connectivity index (χ0) is 11.3. The van der Waals surface area contributed by atoms with E-state index in [2.05, 4.69) is 10.6 Å².